The highest BCUT2D eigenvalue weighted by Gasteiger charge is 2.22. The Balaban J connectivity index is 0.000000458. The maximum atomic E-state index is 12.8. The average molecular weight is 600 g/mol. The number of amides is 1. The maximum absolute atomic E-state index is 12.8. The first-order valence-electron chi connectivity index (χ1n) is 16.2. The van der Waals surface area contributed by atoms with Gasteiger partial charge in [0.2, 0.25) is 0 Å². The number of aromatic nitrogens is 2. The molecular formula is C37H49N3O2S. The molecule has 0 bridgehead atoms. The van der Waals surface area contributed by atoms with Crippen molar-refractivity contribution in [1.29, 1.82) is 0 Å². The van der Waals surface area contributed by atoms with Crippen molar-refractivity contribution in [3.8, 4) is 11.4 Å². The van der Waals surface area contributed by atoms with Gasteiger partial charge >= 0.3 is 0 Å². The molecule has 1 N–H and O–H groups in total. The summed E-state index contributed by atoms with van der Waals surface area (Å²) >= 11 is 1.48. The topological polar surface area (TPSA) is 72.0 Å². The van der Waals surface area contributed by atoms with Gasteiger partial charge in [-0.25, -0.2) is 9.97 Å². The molecule has 2 aliphatic rings. The Bertz CT molecular complexity index is 1360. The molecule has 0 radical (unpaired) electrons. The van der Waals surface area contributed by atoms with Crippen LogP contribution in [0.4, 0.5) is 0 Å². The lowest BCUT2D eigenvalue weighted by Gasteiger charge is -2.18. The van der Waals surface area contributed by atoms with Crippen molar-refractivity contribution in [3.63, 3.8) is 0 Å². The van der Waals surface area contributed by atoms with Crippen LogP contribution in [0.5, 0.6) is 0 Å². The zero-order valence-electron chi connectivity index (χ0n) is 26.7. The number of carbonyl (C=O) groups is 2. The first-order chi connectivity index (χ1) is 20.6. The van der Waals surface area contributed by atoms with Crippen LogP contribution in [0.3, 0.4) is 0 Å². The standard InChI is InChI=1S/C29H33N3O2S.C8H16/c1-19(33)24(32-28(34)25-14-15-26(35-25)29(2,3)4)16-20-10-12-22(13-11-20)27-30-17-23(18-31-27)21-8-6-5-7-9-21;1-2-8-6-4-3-5-7-8/h8,10-15,17-18,24H,5-7,9,16H2,1-4H3,(H,32,34);8H,2-7H2,1H3. The third kappa shape index (κ3) is 9.69. The van der Waals surface area contributed by atoms with Gasteiger partial charge in [-0.05, 0) is 73.6 Å². The van der Waals surface area contributed by atoms with Crippen LogP contribution in [0.15, 0.2) is 54.9 Å². The number of carbonyl (C=O) groups excluding carboxylic acids is 2. The molecule has 6 heteroatoms. The fraction of sp³-hybridized carbons (Fsp3) is 0.514. The Morgan fingerprint density at radius 3 is 2.16 bits per heavy atom. The van der Waals surface area contributed by atoms with Crippen LogP contribution in [0, 0.1) is 5.92 Å². The molecular weight excluding hydrogens is 550 g/mol. The third-order valence-corrected chi connectivity index (χ3v) is 10.1. The van der Waals surface area contributed by atoms with Gasteiger partial charge in [-0.2, -0.15) is 0 Å². The molecule has 1 amide bonds. The van der Waals surface area contributed by atoms with Crippen LogP contribution in [0.25, 0.3) is 17.0 Å². The Kier molecular flexibility index (Phi) is 11.9. The van der Waals surface area contributed by atoms with E-state index in [0.29, 0.717) is 17.1 Å². The number of Topliss-reactive ketones (excluding diaryl/α,β-unsaturated/α-hetero) is 1. The van der Waals surface area contributed by atoms with Gasteiger partial charge in [-0.1, -0.05) is 96.6 Å². The van der Waals surface area contributed by atoms with E-state index in [0.717, 1.165) is 40.3 Å². The summed E-state index contributed by atoms with van der Waals surface area (Å²) in [6, 6.07) is 11.1. The largest absolute Gasteiger partial charge is 0.341 e. The summed E-state index contributed by atoms with van der Waals surface area (Å²) in [5, 5.41) is 2.92. The lowest BCUT2D eigenvalue weighted by atomic mass is 9.88. The normalized spacial score (nSPS) is 16.4. The van der Waals surface area contributed by atoms with E-state index in [1.165, 1.54) is 75.2 Å². The van der Waals surface area contributed by atoms with Crippen molar-refractivity contribution < 1.29 is 9.59 Å². The van der Waals surface area contributed by atoms with Crippen LogP contribution < -0.4 is 5.32 Å². The summed E-state index contributed by atoms with van der Waals surface area (Å²) in [6.45, 7) is 10.2. The Hall–Kier alpha value is -3.12. The van der Waals surface area contributed by atoms with Gasteiger partial charge in [0.05, 0.1) is 10.9 Å². The molecule has 0 spiro atoms. The Morgan fingerprint density at radius 1 is 0.930 bits per heavy atom. The van der Waals surface area contributed by atoms with Crippen molar-refractivity contribution >= 4 is 28.6 Å². The average Bonchev–Trinajstić information content (AvgIpc) is 3.54. The smallest absolute Gasteiger partial charge is 0.261 e. The molecule has 2 aromatic heterocycles. The summed E-state index contributed by atoms with van der Waals surface area (Å²) < 4.78 is 0. The molecule has 3 aromatic rings. The summed E-state index contributed by atoms with van der Waals surface area (Å²) in [6.07, 6.45) is 20.2. The zero-order valence-corrected chi connectivity index (χ0v) is 27.6. The van der Waals surface area contributed by atoms with Crippen LogP contribution in [0.2, 0.25) is 0 Å². The SMILES string of the molecule is CC(=O)C(Cc1ccc(-c2ncc(C3=CCCCC3)cn2)cc1)NC(=O)c1ccc(C(C)(C)C)s1.CCC1CCCCC1. The quantitative estimate of drug-likeness (QED) is 0.280. The van der Waals surface area contributed by atoms with Crippen LogP contribution >= 0.6 is 11.3 Å². The second kappa shape index (κ2) is 15.6. The van der Waals surface area contributed by atoms with Gasteiger partial charge < -0.3 is 5.32 Å². The lowest BCUT2D eigenvalue weighted by Crippen LogP contribution is -2.41. The number of benzene rings is 1. The number of hydrogen-bond acceptors (Lipinski definition) is 5. The van der Waals surface area contributed by atoms with Crippen LogP contribution in [0.1, 0.15) is 125 Å². The molecule has 1 fully saturated rings. The van der Waals surface area contributed by atoms with Crippen LogP contribution in [-0.2, 0) is 16.6 Å². The third-order valence-electron chi connectivity index (χ3n) is 8.63. The monoisotopic (exact) mass is 599 g/mol. The van der Waals surface area contributed by atoms with Gasteiger partial charge in [0.15, 0.2) is 11.6 Å². The fourth-order valence-corrected chi connectivity index (χ4v) is 6.72. The molecule has 2 heterocycles. The van der Waals surface area contributed by atoms with Gasteiger partial charge in [0.1, 0.15) is 0 Å². The van der Waals surface area contributed by atoms with E-state index in [1.54, 1.807) is 0 Å². The molecule has 1 unspecified atom stereocenters. The second-order valence-electron chi connectivity index (χ2n) is 13.1. The van der Waals surface area contributed by atoms with E-state index in [2.05, 4.69) is 49.1 Å². The van der Waals surface area contributed by atoms with E-state index >= 15 is 0 Å². The highest BCUT2D eigenvalue weighted by molar-refractivity contribution is 7.14. The summed E-state index contributed by atoms with van der Waals surface area (Å²) in [5.74, 6) is 1.50. The highest BCUT2D eigenvalue weighted by Crippen LogP contribution is 2.30. The first-order valence-corrected chi connectivity index (χ1v) is 17.0. The summed E-state index contributed by atoms with van der Waals surface area (Å²) in [7, 11) is 0. The number of thiophene rings is 1. The molecule has 2 aliphatic carbocycles. The van der Waals surface area contributed by atoms with Crippen molar-refractivity contribution in [2.75, 3.05) is 0 Å². The number of ketones is 1. The Morgan fingerprint density at radius 2 is 1.63 bits per heavy atom. The highest BCUT2D eigenvalue weighted by atomic mass is 32.1. The van der Waals surface area contributed by atoms with E-state index in [-0.39, 0.29) is 17.1 Å². The molecule has 1 atom stereocenters. The van der Waals surface area contributed by atoms with Crippen molar-refractivity contribution in [2.45, 2.75) is 117 Å². The molecule has 0 aliphatic heterocycles. The molecule has 1 saturated carbocycles. The molecule has 1 aromatic carbocycles. The van der Waals surface area contributed by atoms with Gasteiger partial charge in [0, 0.05) is 28.4 Å². The minimum Gasteiger partial charge on any atom is -0.341 e. The number of nitrogens with zero attached hydrogens (tertiary/aromatic N) is 2. The van der Waals surface area contributed by atoms with E-state index in [1.807, 2.05) is 48.8 Å². The molecule has 43 heavy (non-hydrogen) atoms. The minimum atomic E-state index is -0.576. The van der Waals surface area contributed by atoms with E-state index in [9.17, 15) is 9.59 Å². The molecule has 5 rings (SSSR count). The lowest BCUT2D eigenvalue weighted by molar-refractivity contribution is -0.118. The molecule has 5 nitrogen and oxygen atoms in total. The molecule has 0 saturated heterocycles. The second-order valence-corrected chi connectivity index (χ2v) is 14.2. The summed E-state index contributed by atoms with van der Waals surface area (Å²) in [4.78, 5) is 36.0. The van der Waals surface area contributed by atoms with Crippen molar-refractivity contribution in [1.82, 2.24) is 15.3 Å². The maximum Gasteiger partial charge on any atom is 0.261 e. The number of hydrogen-bond donors (Lipinski definition) is 1. The number of allylic oxidation sites excluding steroid dienone is 2. The zero-order chi connectivity index (χ0) is 30.8. The number of rotatable bonds is 8. The first kappa shape index (κ1) is 32.8. The predicted octanol–water partition coefficient (Wildman–Crippen LogP) is 9.37. The fourth-order valence-electron chi connectivity index (χ4n) is 5.75. The van der Waals surface area contributed by atoms with Crippen molar-refractivity contribution in [3.05, 3.63) is 75.7 Å². The van der Waals surface area contributed by atoms with Crippen molar-refractivity contribution in [2.24, 2.45) is 5.92 Å². The number of nitrogens with one attached hydrogen (secondary N) is 1. The van der Waals surface area contributed by atoms with Crippen LogP contribution in [-0.4, -0.2) is 27.7 Å². The van der Waals surface area contributed by atoms with Gasteiger partial charge in [-0.15, -0.1) is 11.3 Å². The van der Waals surface area contributed by atoms with E-state index in [4.69, 9.17) is 0 Å². The molecule has 230 valence electrons. The summed E-state index contributed by atoms with van der Waals surface area (Å²) in [5.41, 5.74) is 4.33. The minimum absolute atomic E-state index is 0.0118. The van der Waals surface area contributed by atoms with Gasteiger partial charge in [-0.3, -0.25) is 9.59 Å². The van der Waals surface area contributed by atoms with Gasteiger partial charge in [0.25, 0.3) is 5.91 Å². The van der Waals surface area contributed by atoms with E-state index < -0.39 is 6.04 Å². The Labute approximate surface area is 262 Å². The predicted molar refractivity (Wildman–Crippen MR) is 179 cm³/mol.